The van der Waals surface area contributed by atoms with Gasteiger partial charge in [0.05, 0.1) is 5.71 Å². The van der Waals surface area contributed by atoms with Gasteiger partial charge in [-0.15, -0.1) is 0 Å². The molecule has 0 unspecified atom stereocenters. The Bertz CT molecular complexity index is 1030. The Morgan fingerprint density at radius 1 is 0.870 bits per heavy atom. The van der Waals surface area contributed by atoms with Gasteiger partial charge in [0.15, 0.2) is 0 Å². The fraction of sp³-hybridized carbons (Fsp3) is 0.0500. The predicted molar refractivity (Wildman–Crippen MR) is 95.6 cm³/mol. The normalized spacial score (nSPS) is 11.0. The number of furan rings is 1. The first-order valence-corrected chi connectivity index (χ1v) is 7.55. The van der Waals surface area contributed by atoms with Crippen molar-refractivity contribution in [2.75, 3.05) is 12.4 Å². The first kappa shape index (κ1) is 13.6. The highest BCUT2D eigenvalue weighted by atomic mass is 16.3. The molecule has 0 atom stereocenters. The topological polar surface area (TPSA) is 49.0 Å². The van der Waals surface area contributed by atoms with Crippen molar-refractivity contribution in [3.05, 3.63) is 77.9 Å². The van der Waals surface area contributed by atoms with Crippen molar-refractivity contribution in [3.8, 4) is 0 Å². The molecule has 3 aromatic carbocycles. The number of nitrogens with one attached hydrogen (secondary N) is 2. The van der Waals surface area contributed by atoms with Crippen LogP contribution in [-0.4, -0.2) is 12.8 Å². The van der Waals surface area contributed by atoms with E-state index in [1.807, 2.05) is 67.7 Å². The van der Waals surface area contributed by atoms with Crippen LogP contribution in [0.15, 0.2) is 71.1 Å². The monoisotopic (exact) mass is 300 g/mol. The predicted octanol–water partition coefficient (Wildman–Crippen LogP) is 5.04. The highest BCUT2D eigenvalue weighted by Crippen LogP contribution is 2.30. The summed E-state index contributed by atoms with van der Waals surface area (Å²) in [4.78, 5) is 0. The van der Waals surface area contributed by atoms with Crippen LogP contribution in [-0.2, 0) is 0 Å². The van der Waals surface area contributed by atoms with Crippen molar-refractivity contribution in [1.82, 2.24) is 0 Å². The van der Waals surface area contributed by atoms with Crippen LogP contribution in [0.2, 0.25) is 0 Å². The molecular formula is C20H16N2O. The molecule has 3 nitrogen and oxygen atoms in total. The number of fused-ring (bicyclic) bond motifs is 3. The van der Waals surface area contributed by atoms with Gasteiger partial charge >= 0.3 is 0 Å². The van der Waals surface area contributed by atoms with E-state index in [1.54, 1.807) is 0 Å². The van der Waals surface area contributed by atoms with Gasteiger partial charge in [-0.2, -0.15) is 0 Å². The summed E-state index contributed by atoms with van der Waals surface area (Å²) in [5, 5.41) is 13.9. The van der Waals surface area contributed by atoms with Crippen molar-refractivity contribution >= 4 is 33.3 Å². The van der Waals surface area contributed by atoms with E-state index in [1.165, 1.54) is 0 Å². The van der Waals surface area contributed by atoms with Crippen LogP contribution < -0.4 is 5.32 Å². The average Bonchev–Trinajstić information content (AvgIpc) is 2.99. The molecule has 0 radical (unpaired) electrons. The molecule has 0 bridgehead atoms. The van der Waals surface area contributed by atoms with Crippen molar-refractivity contribution in [2.45, 2.75) is 0 Å². The Labute approximate surface area is 134 Å². The summed E-state index contributed by atoms with van der Waals surface area (Å²) in [6.45, 7) is 0. The second-order valence-corrected chi connectivity index (χ2v) is 5.48. The van der Waals surface area contributed by atoms with E-state index in [0.717, 1.165) is 38.8 Å². The summed E-state index contributed by atoms with van der Waals surface area (Å²) in [6.07, 6.45) is 0. The first-order valence-electron chi connectivity index (χ1n) is 7.55. The van der Waals surface area contributed by atoms with Gasteiger partial charge in [-0.1, -0.05) is 36.4 Å². The first-order chi connectivity index (χ1) is 11.3. The molecule has 1 aromatic heterocycles. The van der Waals surface area contributed by atoms with E-state index in [4.69, 9.17) is 9.83 Å². The lowest BCUT2D eigenvalue weighted by atomic mass is 9.99. The molecule has 0 aliphatic heterocycles. The zero-order valence-electron chi connectivity index (χ0n) is 12.8. The van der Waals surface area contributed by atoms with Crippen LogP contribution in [0.25, 0.3) is 21.9 Å². The molecule has 0 amide bonds. The number of para-hydroxylation sites is 2. The van der Waals surface area contributed by atoms with Gasteiger partial charge in [0.2, 0.25) is 0 Å². The zero-order valence-corrected chi connectivity index (χ0v) is 12.8. The van der Waals surface area contributed by atoms with E-state index in [2.05, 4.69) is 11.4 Å². The molecule has 0 saturated carbocycles. The fourth-order valence-corrected chi connectivity index (χ4v) is 2.96. The molecule has 4 rings (SSSR count). The Kier molecular flexibility index (Phi) is 3.12. The van der Waals surface area contributed by atoms with Gasteiger partial charge in [-0.3, -0.25) is 5.41 Å². The molecule has 0 aliphatic carbocycles. The standard InChI is InChI=1S/C20H16N2O/c1-22-17-8-4-2-7-15(17)20(21)13-10-11-19-16(12-13)14-6-3-5-9-18(14)23-19/h2-12,21-22H,1H3. The zero-order chi connectivity index (χ0) is 15.8. The highest BCUT2D eigenvalue weighted by Gasteiger charge is 2.12. The fourth-order valence-electron chi connectivity index (χ4n) is 2.96. The van der Waals surface area contributed by atoms with Gasteiger partial charge < -0.3 is 9.73 Å². The smallest absolute Gasteiger partial charge is 0.135 e. The quantitative estimate of drug-likeness (QED) is 0.520. The van der Waals surface area contributed by atoms with Crippen LogP contribution in [0.5, 0.6) is 0 Å². The number of benzene rings is 3. The largest absolute Gasteiger partial charge is 0.456 e. The lowest BCUT2D eigenvalue weighted by Crippen LogP contribution is -2.05. The van der Waals surface area contributed by atoms with Crippen molar-refractivity contribution < 1.29 is 4.42 Å². The summed E-state index contributed by atoms with van der Waals surface area (Å²) >= 11 is 0. The summed E-state index contributed by atoms with van der Waals surface area (Å²) in [6, 6.07) is 21.8. The summed E-state index contributed by atoms with van der Waals surface area (Å²) < 4.78 is 5.85. The molecule has 0 fully saturated rings. The van der Waals surface area contributed by atoms with Gasteiger partial charge in [0, 0.05) is 34.6 Å². The Morgan fingerprint density at radius 2 is 1.61 bits per heavy atom. The molecule has 0 saturated heterocycles. The van der Waals surface area contributed by atoms with Crippen LogP contribution in [0.4, 0.5) is 5.69 Å². The van der Waals surface area contributed by atoms with E-state index >= 15 is 0 Å². The van der Waals surface area contributed by atoms with Crippen LogP contribution in [0.3, 0.4) is 0 Å². The second-order valence-electron chi connectivity index (χ2n) is 5.48. The molecule has 0 aliphatic rings. The lowest BCUT2D eigenvalue weighted by molar-refractivity contribution is 0.669. The van der Waals surface area contributed by atoms with Crippen LogP contribution in [0, 0.1) is 5.41 Å². The van der Waals surface area contributed by atoms with E-state index in [0.29, 0.717) is 5.71 Å². The molecule has 2 N–H and O–H groups in total. The summed E-state index contributed by atoms with van der Waals surface area (Å²) in [5.74, 6) is 0. The molecule has 23 heavy (non-hydrogen) atoms. The molecular weight excluding hydrogens is 284 g/mol. The molecule has 0 spiro atoms. The van der Waals surface area contributed by atoms with Crippen LogP contribution >= 0.6 is 0 Å². The van der Waals surface area contributed by atoms with Crippen LogP contribution in [0.1, 0.15) is 11.1 Å². The summed E-state index contributed by atoms with van der Waals surface area (Å²) in [5.41, 5.74) is 4.96. The third kappa shape index (κ3) is 2.18. The minimum atomic E-state index is 0.502. The van der Waals surface area contributed by atoms with E-state index < -0.39 is 0 Å². The Hall–Kier alpha value is -3.07. The van der Waals surface area contributed by atoms with Crippen molar-refractivity contribution in [2.24, 2.45) is 0 Å². The third-order valence-corrected chi connectivity index (χ3v) is 4.13. The second kappa shape index (κ2) is 5.29. The van der Waals surface area contributed by atoms with Gasteiger partial charge in [-0.25, -0.2) is 0 Å². The Morgan fingerprint density at radius 3 is 2.48 bits per heavy atom. The minimum Gasteiger partial charge on any atom is -0.456 e. The maximum atomic E-state index is 8.58. The number of anilines is 1. The van der Waals surface area contributed by atoms with E-state index in [-0.39, 0.29) is 0 Å². The molecule has 112 valence electrons. The molecule has 1 heterocycles. The highest BCUT2D eigenvalue weighted by molar-refractivity contribution is 6.16. The maximum Gasteiger partial charge on any atom is 0.135 e. The van der Waals surface area contributed by atoms with Crippen molar-refractivity contribution in [3.63, 3.8) is 0 Å². The number of hydrogen-bond donors (Lipinski definition) is 2. The van der Waals surface area contributed by atoms with Gasteiger partial charge in [-0.05, 0) is 30.3 Å². The average molecular weight is 300 g/mol. The SMILES string of the molecule is CNc1ccccc1C(=N)c1ccc2oc3ccccc3c2c1. The van der Waals surface area contributed by atoms with E-state index in [9.17, 15) is 0 Å². The third-order valence-electron chi connectivity index (χ3n) is 4.13. The maximum absolute atomic E-state index is 8.58. The van der Waals surface area contributed by atoms with Crippen molar-refractivity contribution in [1.29, 1.82) is 5.41 Å². The number of hydrogen-bond acceptors (Lipinski definition) is 3. The van der Waals surface area contributed by atoms with Gasteiger partial charge in [0.25, 0.3) is 0 Å². The minimum absolute atomic E-state index is 0.502. The molecule has 3 heteroatoms. The lowest BCUT2D eigenvalue weighted by Gasteiger charge is -2.10. The number of rotatable bonds is 3. The Balaban J connectivity index is 1.88. The molecule has 4 aromatic rings. The summed E-state index contributed by atoms with van der Waals surface area (Å²) in [7, 11) is 1.87. The van der Waals surface area contributed by atoms with Gasteiger partial charge in [0.1, 0.15) is 11.2 Å².